The first-order valence-electron chi connectivity index (χ1n) is 11.9. The molecular weight excluding hydrogens is 581 g/mol. The summed E-state index contributed by atoms with van der Waals surface area (Å²) in [6.45, 7) is 4.62. The lowest BCUT2D eigenvalue weighted by atomic mass is 10.1. The van der Waals surface area contributed by atoms with E-state index in [1.807, 2.05) is 13.8 Å². The lowest BCUT2D eigenvalue weighted by Gasteiger charge is -2.26. The van der Waals surface area contributed by atoms with Gasteiger partial charge in [0, 0.05) is 72.3 Å². The Hall–Kier alpha value is -0.0200. The van der Waals surface area contributed by atoms with Gasteiger partial charge in [0.1, 0.15) is 12.1 Å². The average Bonchev–Trinajstić information content (AvgIpc) is 3.64. The summed E-state index contributed by atoms with van der Waals surface area (Å²) in [5.41, 5.74) is 0. The van der Waals surface area contributed by atoms with Crippen LogP contribution in [0.4, 0.5) is 0 Å². The topological polar surface area (TPSA) is 115 Å². The van der Waals surface area contributed by atoms with Gasteiger partial charge in [-0.1, -0.05) is 35.4 Å². The first-order valence-corrected chi connectivity index (χ1v) is 18.4. The zero-order valence-corrected chi connectivity index (χ0v) is 25.2. The summed E-state index contributed by atoms with van der Waals surface area (Å²) in [5.74, 6) is 2.23. The molecule has 2 N–H and O–H groups in total. The van der Waals surface area contributed by atoms with Crippen molar-refractivity contribution >= 4 is 92.4 Å². The number of likely N-dealkylation sites (tertiary alicyclic amines) is 2. The fourth-order valence-corrected chi connectivity index (χ4v) is 14.2. The molecule has 4 heterocycles. The maximum absolute atomic E-state index is 13.1. The molecule has 0 aromatic rings. The molecule has 4 aliphatic rings. The van der Waals surface area contributed by atoms with Crippen LogP contribution in [-0.4, -0.2) is 112 Å². The molecule has 4 aliphatic heterocycles. The summed E-state index contributed by atoms with van der Waals surface area (Å²) in [5, 5.41) is 19.4. The van der Waals surface area contributed by atoms with Crippen LogP contribution in [0.1, 0.15) is 26.7 Å². The van der Waals surface area contributed by atoms with E-state index in [4.69, 9.17) is 0 Å². The highest BCUT2D eigenvalue weighted by Crippen LogP contribution is 2.53. The van der Waals surface area contributed by atoms with Gasteiger partial charge in [0.2, 0.25) is 11.8 Å². The van der Waals surface area contributed by atoms with Crippen molar-refractivity contribution in [3.8, 4) is 0 Å². The normalized spacial score (nSPS) is 28.2. The molecule has 4 atom stereocenters. The van der Waals surface area contributed by atoms with Crippen molar-refractivity contribution in [2.24, 2.45) is 11.8 Å². The highest BCUT2D eigenvalue weighted by molar-refractivity contribution is 8.76. The molecule has 0 unspecified atom stereocenters. The van der Waals surface area contributed by atoms with Gasteiger partial charge in [0.05, 0.1) is 8.16 Å². The number of rotatable bonds is 9. The van der Waals surface area contributed by atoms with E-state index in [0.29, 0.717) is 37.4 Å². The molecule has 0 aromatic heterocycles. The summed E-state index contributed by atoms with van der Waals surface area (Å²) in [7, 11) is 3.02. The molecule has 0 bridgehead atoms. The Morgan fingerprint density at radius 2 is 1.08 bits per heavy atom. The molecule has 0 aliphatic carbocycles. The molecule has 4 saturated heterocycles. The number of hydrogen-bond acceptors (Lipinski definition) is 10. The van der Waals surface area contributed by atoms with Crippen molar-refractivity contribution in [1.29, 1.82) is 0 Å². The second-order valence-electron chi connectivity index (χ2n) is 9.63. The fourth-order valence-electron chi connectivity index (χ4n) is 5.00. The second kappa shape index (κ2) is 12.0. The van der Waals surface area contributed by atoms with Crippen molar-refractivity contribution in [3.63, 3.8) is 0 Å². The van der Waals surface area contributed by atoms with E-state index in [1.165, 1.54) is 21.6 Å². The Kier molecular flexibility index (Phi) is 9.67. The van der Waals surface area contributed by atoms with E-state index in [1.54, 1.807) is 56.8 Å². The van der Waals surface area contributed by atoms with Crippen LogP contribution in [0.5, 0.6) is 0 Å². The molecule has 36 heavy (non-hydrogen) atoms. The van der Waals surface area contributed by atoms with Crippen molar-refractivity contribution < 1.29 is 29.4 Å². The second-order valence-corrected chi connectivity index (χ2v) is 18.6. The van der Waals surface area contributed by atoms with Gasteiger partial charge in [-0.3, -0.25) is 9.59 Å². The minimum absolute atomic E-state index is 0.122. The molecule has 8 nitrogen and oxygen atoms in total. The summed E-state index contributed by atoms with van der Waals surface area (Å²) in [6.07, 6.45) is 0.980. The minimum atomic E-state index is -0.937. The predicted octanol–water partition coefficient (Wildman–Crippen LogP) is 3.36. The van der Waals surface area contributed by atoms with E-state index >= 15 is 0 Å². The summed E-state index contributed by atoms with van der Waals surface area (Å²) in [6, 6.07) is -1.54. The van der Waals surface area contributed by atoms with Gasteiger partial charge < -0.3 is 20.0 Å². The van der Waals surface area contributed by atoms with Gasteiger partial charge in [-0.25, -0.2) is 9.59 Å². The number of aliphatic carboxylic acids is 2. The summed E-state index contributed by atoms with van der Waals surface area (Å²) in [4.78, 5) is 53.1. The summed E-state index contributed by atoms with van der Waals surface area (Å²) < 4.78 is -0.374. The van der Waals surface area contributed by atoms with Crippen molar-refractivity contribution in [3.05, 3.63) is 0 Å². The quantitative estimate of drug-likeness (QED) is 0.294. The van der Waals surface area contributed by atoms with Crippen molar-refractivity contribution in [1.82, 2.24) is 9.80 Å². The lowest BCUT2D eigenvalue weighted by molar-refractivity contribution is -0.149. The van der Waals surface area contributed by atoms with Gasteiger partial charge in [-0.2, -0.15) is 0 Å². The van der Waals surface area contributed by atoms with Crippen LogP contribution >= 0.6 is 68.6 Å². The number of thioether (sulfide) groups is 4. The monoisotopic (exact) mass is 612 g/mol. The van der Waals surface area contributed by atoms with Gasteiger partial charge in [0.15, 0.2) is 0 Å². The number of carbonyl (C=O) groups is 4. The number of carboxylic acid groups (broad SMARTS) is 2. The maximum atomic E-state index is 13.1. The molecule has 0 aromatic carbocycles. The fraction of sp³-hybridized carbons (Fsp3) is 0.818. The van der Waals surface area contributed by atoms with Gasteiger partial charge in [0.25, 0.3) is 0 Å². The third kappa shape index (κ3) is 6.24. The molecule has 0 radical (unpaired) electrons. The third-order valence-electron chi connectivity index (χ3n) is 6.91. The molecule has 202 valence electrons. The number of hydrogen-bond donors (Lipinski definition) is 2. The number of amides is 2. The third-order valence-corrected chi connectivity index (χ3v) is 16.5. The average molecular weight is 613 g/mol. The molecule has 2 spiro atoms. The minimum Gasteiger partial charge on any atom is -0.480 e. The Labute approximate surface area is 236 Å². The number of nitrogens with zero attached hydrogens (tertiary/aromatic N) is 2. The molecular formula is C22H32N2O6S6. The smallest absolute Gasteiger partial charge is 0.326 e. The number of carboxylic acids is 2. The molecule has 0 saturated carbocycles. The standard InChI is InChI=1S/C22H32N2O6S6/c1-13(17(25)23-11-21(31-3-4-32-21)7-15(23)19(27)28)9-35-36-10-14(2)18(26)24-12-22(33-5-6-34-22)8-16(24)20(29)30/h13-16H,3-12H2,1-2H3,(H,27,28)(H,29,30)/t13-,14-,15+,16+/m1/s1. The van der Waals surface area contributed by atoms with Crippen molar-refractivity contribution in [2.75, 3.05) is 47.6 Å². The Bertz CT molecular complexity index is 811. The van der Waals surface area contributed by atoms with Gasteiger partial charge >= 0.3 is 11.9 Å². The van der Waals surface area contributed by atoms with Crippen LogP contribution in [0.15, 0.2) is 0 Å². The van der Waals surface area contributed by atoms with E-state index in [-0.39, 0.29) is 31.8 Å². The van der Waals surface area contributed by atoms with E-state index in [0.717, 1.165) is 23.0 Å². The van der Waals surface area contributed by atoms with Gasteiger partial charge in [-0.05, 0) is 0 Å². The Morgan fingerprint density at radius 1 is 0.750 bits per heavy atom. The molecule has 4 fully saturated rings. The van der Waals surface area contributed by atoms with Gasteiger partial charge in [-0.15, -0.1) is 47.0 Å². The highest BCUT2D eigenvalue weighted by Gasteiger charge is 2.53. The van der Waals surface area contributed by atoms with Crippen LogP contribution in [0.2, 0.25) is 0 Å². The van der Waals surface area contributed by atoms with E-state index in [9.17, 15) is 29.4 Å². The zero-order chi connectivity index (χ0) is 26.1. The predicted molar refractivity (Wildman–Crippen MR) is 154 cm³/mol. The SMILES string of the molecule is C[C@H](CSSC[C@@H](C)C(=O)N1CC2(C[C@H]1C(=O)O)SCCS2)C(=O)N1CC2(C[C@H]1C(=O)O)SCCS2. The van der Waals surface area contributed by atoms with Crippen LogP contribution in [0.3, 0.4) is 0 Å². The van der Waals surface area contributed by atoms with Crippen LogP contribution in [-0.2, 0) is 19.2 Å². The van der Waals surface area contributed by atoms with Crippen LogP contribution in [0.25, 0.3) is 0 Å². The molecule has 14 heteroatoms. The first-order chi connectivity index (χ1) is 17.1. The van der Waals surface area contributed by atoms with Crippen molar-refractivity contribution in [2.45, 2.75) is 46.9 Å². The highest BCUT2D eigenvalue weighted by atomic mass is 33.1. The summed E-state index contributed by atoms with van der Waals surface area (Å²) >= 11 is 7.09. The lowest BCUT2D eigenvalue weighted by Crippen LogP contribution is -2.44. The van der Waals surface area contributed by atoms with E-state index < -0.39 is 24.0 Å². The molecule has 2 amide bonds. The van der Waals surface area contributed by atoms with Crippen LogP contribution in [0, 0.1) is 11.8 Å². The zero-order valence-electron chi connectivity index (χ0n) is 20.3. The van der Waals surface area contributed by atoms with E-state index in [2.05, 4.69) is 0 Å². The first kappa shape index (κ1) is 29.0. The Balaban J connectivity index is 1.24. The van der Waals surface area contributed by atoms with Crippen LogP contribution < -0.4 is 0 Å². The number of carbonyl (C=O) groups excluding carboxylic acids is 2. The Morgan fingerprint density at radius 3 is 1.39 bits per heavy atom. The molecule has 4 rings (SSSR count). The largest absolute Gasteiger partial charge is 0.480 e. The maximum Gasteiger partial charge on any atom is 0.326 e.